The fourth-order valence-corrected chi connectivity index (χ4v) is 1.88. The van der Waals surface area contributed by atoms with Gasteiger partial charge < -0.3 is 21.1 Å². The lowest BCUT2D eigenvalue weighted by Crippen LogP contribution is -2.28. The number of benzene rings is 1. The van der Waals surface area contributed by atoms with Gasteiger partial charge in [-0.05, 0) is 37.7 Å². The fraction of sp³-hybridized carbons (Fsp3) is 0.500. The molecule has 1 aromatic rings. The van der Waals surface area contributed by atoms with Crippen LogP contribution in [0.2, 0.25) is 0 Å². The van der Waals surface area contributed by atoms with Gasteiger partial charge in [0.25, 0.3) is 0 Å². The second kappa shape index (κ2) is 8.50. The lowest BCUT2D eigenvalue weighted by atomic mass is 10.2. The van der Waals surface area contributed by atoms with Crippen LogP contribution in [0.1, 0.15) is 19.8 Å². The topological polar surface area (TPSA) is 78.6 Å². The number of aliphatic hydroxyl groups is 1. The number of carbonyl (C=O) groups excluding carboxylic acids is 1. The van der Waals surface area contributed by atoms with Gasteiger partial charge in [0.1, 0.15) is 5.82 Å². The van der Waals surface area contributed by atoms with Crippen molar-refractivity contribution in [2.24, 2.45) is 0 Å². The van der Waals surface area contributed by atoms with E-state index in [1.807, 2.05) is 6.92 Å². The Morgan fingerprint density at radius 2 is 2.20 bits per heavy atom. The first kappa shape index (κ1) is 16.4. The molecule has 0 heterocycles. The largest absolute Gasteiger partial charge is 0.396 e. The van der Waals surface area contributed by atoms with E-state index in [4.69, 9.17) is 10.8 Å². The maximum absolute atomic E-state index is 13.0. The van der Waals surface area contributed by atoms with Gasteiger partial charge in [0.15, 0.2) is 0 Å². The van der Waals surface area contributed by atoms with Crippen LogP contribution in [0.5, 0.6) is 0 Å². The highest BCUT2D eigenvalue weighted by molar-refractivity contribution is 5.91. The quantitative estimate of drug-likeness (QED) is 0.631. The van der Waals surface area contributed by atoms with Crippen LogP contribution >= 0.6 is 0 Å². The summed E-state index contributed by atoms with van der Waals surface area (Å²) in [6.07, 6.45) is 1.08. The Hall–Kier alpha value is -1.66. The number of aliphatic hydroxyl groups excluding tert-OH is 1. The van der Waals surface area contributed by atoms with Gasteiger partial charge in [0.2, 0.25) is 5.91 Å². The summed E-state index contributed by atoms with van der Waals surface area (Å²) < 4.78 is 13.0. The zero-order valence-corrected chi connectivity index (χ0v) is 11.7. The standard InChI is InChI=1S/C14H22FN3O2/c1-2-18(8-9-19)7-3-4-14(20)17-11-5-6-12(15)13(16)10-11/h5-6,10,19H,2-4,7-9,16H2,1H3,(H,17,20). The van der Waals surface area contributed by atoms with Gasteiger partial charge in [-0.15, -0.1) is 0 Å². The van der Waals surface area contributed by atoms with E-state index in [0.29, 0.717) is 25.1 Å². The molecule has 1 rings (SSSR count). The third-order valence-electron chi connectivity index (χ3n) is 3.02. The maximum atomic E-state index is 13.0. The van der Waals surface area contributed by atoms with Gasteiger partial charge in [-0.3, -0.25) is 4.79 Å². The molecule has 0 radical (unpaired) electrons. The minimum Gasteiger partial charge on any atom is -0.396 e. The first-order valence-corrected chi connectivity index (χ1v) is 6.75. The molecule has 0 aromatic heterocycles. The predicted octanol–water partition coefficient (Wildman–Crippen LogP) is 1.44. The van der Waals surface area contributed by atoms with Crippen molar-refractivity contribution in [1.29, 1.82) is 0 Å². The average Bonchev–Trinajstić information content (AvgIpc) is 2.42. The van der Waals surface area contributed by atoms with E-state index in [1.165, 1.54) is 18.2 Å². The van der Waals surface area contributed by atoms with E-state index in [-0.39, 0.29) is 18.2 Å². The zero-order chi connectivity index (χ0) is 15.0. The minimum absolute atomic E-state index is 0.0166. The molecule has 1 amide bonds. The van der Waals surface area contributed by atoms with Crippen LogP contribution in [-0.2, 0) is 4.79 Å². The van der Waals surface area contributed by atoms with Gasteiger partial charge in [-0.1, -0.05) is 6.92 Å². The molecule has 20 heavy (non-hydrogen) atoms. The van der Waals surface area contributed by atoms with Crippen molar-refractivity contribution in [1.82, 2.24) is 4.90 Å². The van der Waals surface area contributed by atoms with Crippen molar-refractivity contribution < 1.29 is 14.3 Å². The van der Waals surface area contributed by atoms with E-state index in [9.17, 15) is 9.18 Å². The number of anilines is 2. The summed E-state index contributed by atoms with van der Waals surface area (Å²) in [6, 6.07) is 4.11. The molecule has 0 saturated heterocycles. The van der Waals surface area contributed by atoms with Crippen LogP contribution in [0.15, 0.2) is 18.2 Å². The van der Waals surface area contributed by atoms with Crippen molar-refractivity contribution in [3.63, 3.8) is 0 Å². The summed E-state index contributed by atoms with van der Waals surface area (Å²) in [5, 5.41) is 11.5. The Bertz CT molecular complexity index is 440. The zero-order valence-electron chi connectivity index (χ0n) is 11.7. The second-order valence-electron chi connectivity index (χ2n) is 4.55. The number of nitrogens with two attached hydrogens (primary N) is 1. The SMILES string of the molecule is CCN(CCO)CCCC(=O)Nc1ccc(F)c(N)c1. The first-order chi connectivity index (χ1) is 9.56. The van der Waals surface area contributed by atoms with Crippen molar-refractivity contribution >= 4 is 17.3 Å². The van der Waals surface area contributed by atoms with Gasteiger partial charge in [-0.25, -0.2) is 4.39 Å². The molecule has 6 heteroatoms. The summed E-state index contributed by atoms with van der Waals surface area (Å²) in [4.78, 5) is 13.8. The molecule has 4 N–H and O–H groups in total. The molecule has 0 aliphatic carbocycles. The third-order valence-corrected chi connectivity index (χ3v) is 3.02. The van der Waals surface area contributed by atoms with Crippen molar-refractivity contribution in [3.8, 4) is 0 Å². The molecule has 1 aromatic carbocycles. The van der Waals surface area contributed by atoms with Crippen LogP contribution in [0.4, 0.5) is 15.8 Å². The monoisotopic (exact) mass is 283 g/mol. The second-order valence-corrected chi connectivity index (χ2v) is 4.55. The highest BCUT2D eigenvalue weighted by Gasteiger charge is 2.06. The number of likely N-dealkylation sites (N-methyl/N-ethyl adjacent to an activating group) is 1. The first-order valence-electron chi connectivity index (χ1n) is 6.75. The average molecular weight is 283 g/mol. The molecular weight excluding hydrogens is 261 g/mol. The van der Waals surface area contributed by atoms with E-state index < -0.39 is 5.82 Å². The fourth-order valence-electron chi connectivity index (χ4n) is 1.88. The van der Waals surface area contributed by atoms with Gasteiger partial charge in [0, 0.05) is 18.7 Å². The van der Waals surface area contributed by atoms with Crippen LogP contribution < -0.4 is 11.1 Å². The highest BCUT2D eigenvalue weighted by atomic mass is 19.1. The van der Waals surface area contributed by atoms with Crippen LogP contribution in [-0.4, -0.2) is 42.2 Å². The smallest absolute Gasteiger partial charge is 0.224 e. The molecule has 0 unspecified atom stereocenters. The summed E-state index contributed by atoms with van der Waals surface area (Å²) in [6.45, 7) is 4.35. The van der Waals surface area contributed by atoms with Crippen molar-refractivity contribution in [2.45, 2.75) is 19.8 Å². The molecule has 5 nitrogen and oxygen atoms in total. The van der Waals surface area contributed by atoms with Gasteiger partial charge in [0.05, 0.1) is 12.3 Å². The number of nitrogens with zero attached hydrogens (tertiary/aromatic N) is 1. The van der Waals surface area contributed by atoms with Gasteiger partial charge >= 0.3 is 0 Å². The molecule has 0 atom stereocenters. The Kier molecular flexibility index (Phi) is 6.97. The maximum Gasteiger partial charge on any atom is 0.224 e. The number of hydrogen-bond donors (Lipinski definition) is 3. The molecule has 0 aliphatic heterocycles. The molecule has 0 spiro atoms. The van der Waals surface area contributed by atoms with Crippen LogP contribution in [0, 0.1) is 5.82 Å². The molecule has 0 bridgehead atoms. The summed E-state index contributed by atoms with van der Waals surface area (Å²) in [7, 11) is 0. The molecular formula is C14H22FN3O2. The van der Waals surface area contributed by atoms with E-state index >= 15 is 0 Å². The Morgan fingerprint density at radius 1 is 1.45 bits per heavy atom. The minimum atomic E-state index is -0.495. The lowest BCUT2D eigenvalue weighted by molar-refractivity contribution is -0.116. The molecule has 0 fully saturated rings. The lowest BCUT2D eigenvalue weighted by Gasteiger charge is -2.18. The number of rotatable bonds is 8. The normalized spacial score (nSPS) is 10.8. The number of carbonyl (C=O) groups is 1. The Morgan fingerprint density at radius 3 is 2.80 bits per heavy atom. The Labute approximate surface area is 118 Å². The van der Waals surface area contributed by atoms with Crippen molar-refractivity contribution in [2.75, 3.05) is 37.3 Å². The number of nitrogens with one attached hydrogen (secondary N) is 1. The summed E-state index contributed by atoms with van der Waals surface area (Å²) in [5.41, 5.74) is 5.94. The van der Waals surface area contributed by atoms with E-state index in [2.05, 4.69) is 10.2 Å². The predicted molar refractivity (Wildman–Crippen MR) is 77.9 cm³/mol. The summed E-state index contributed by atoms with van der Waals surface area (Å²) in [5.74, 6) is -0.623. The Balaban J connectivity index is 2.34. The number of nitrogen functional groups attached to an aromatic ring is 1. The summed E-state index contributed by atoms with van der Waals surface area (Å²) >= 11 is 0. The highest BCUT2D eigenvalue weighted by Crippen LogP contribution is 2.16. The molecule has 0 saturated carbocycles. The molecule has 0 aliphatic rings. The number of halogens is 1. The van der Waals surface area contributed by atoms with Crippen LogP contribution in [0.25, 0.3) is 0 Å². The van der Waals surface area contributed by atoms with E-state index in [1.54, 1.807) is 0 Å². The van der Waals surface area contributed by atoms with E-state index in [0.717, 1.165) is 13.1 Å². The third kappa shape index (κ3) is 5.54. The van der Waals surface area contributed by atoms with Gasteiger partial charge in [-0.2, -0.15) is 0 Å². The van der Waals surface area contributed by atoms with Crippen LogP contribution in [0.3, 0.4) is 0 Å². The number of hydrogen-bond acceptors (Lipinski definition) is 4. The molecule has 112 valence electrons. The van der Waals surface area contributed by atoms with Crippen molar-refractivity contribution in [3.05, 3.63) is 24.0 Å². The number of amides is 1.